The van der Waals surface area contributed by atoms with Crippen molar-refractivity contribution in [1.29, 1.82) is 0 Å². The van der Waals surface area contributed by atoms with E-state index in [1.165, 1.54) is 6.08 Å². The Labute approximate surface area is 131 Å². The van der Waals surface area contributed by atoms with Crippen LogP contribution in [0.25, 0.3) is 0 Å². The largest absolute Gasteiger partial charge is 0.472 e. The summed E-state index contributed by atoms with van der Waals surface area (Å²) >= 11 is 0. The van der Waals surface area contributed by atoms with Crippen LogP contribution in [-0.2, 0) is 17.9 Å². The second-order valence-corrected chi connectivity index (χ2v) is 5.80. The summed E-state index contributed by atoms with van der Waals surface area (Å²) in [5.74, 6) is 0.388. The second-order valence-electron chi connectivity index (χ2n) is 5.80. The fourth-order valence-electron chi connectivity index (χ4n) is 2.39. The predicted octanol–water partition coefficient (Wildman–Crippen LogP) is 3.41. The van der Waals surface area contributed by atoms with E-state index in [1.54, 1.807) is 23.6 Å². The van der Waals surface area contributed by atoms with E-state index in [4.69, 9.17) is 4.42 Å². The molecule has 0 saturated heterocycles. The zero-order valence-electron chi connectivity index (χ0n) is 13.4. The fourth-order valence-corrected chi connectivity index (χ4v) is 2.39. The number of aromatic nitrogens is 2. The summed E-state index contributed by atoms with van der Waals surface area (Å²) in [6, 6.07) is 3.74. The van der Waals surface area contributed by atoms with Crippen LogP contribution < -0.4 is 0 Å². The van der Waals surface area contributed by atoms with E-state index >= 15 is 0 Å². The zero-order chi connectivity index (χ0) is 16.1. The third-order valence-electron chi connectivity index (χ3n) is 3.63. The Morgan fingerprint density at radius 3 is 2.82 bits per heavy atom. The molecule has 0 bridgehead atoms. The first-order chi connectivity index (χ1) is 10.5. The average Bonchev–Trinajstić information content (AvgIpc) is 3.14. The monoisotopic (exact) mass is 301 g/mol. The number of carbonyl (C=O) groups is 1. The summed E-state index contributed by atoms with van der Waals surface area (Å²) in [6.07, 6.45) is 6.40. The molecule has 2 heterocycles. The van der Waals surface area contributed by atoms with Crippen LogP contribution in [0, 0.1) is 5.92 Å². The molecule has 0 aromatic carbocycles. The number of rotatable bonds is 7. The van der Waals surface area contributed by atoms with Crippen LogP contribution in [0.15, 0.2) is 47.9 Å². The Kier molecular flexibility index (Phi) is 5.20. The predicted molar refractivity (Wildman–Crippen MR) is 84.9 cm³/mol. The molecular formula is C17H23N3O2. The van der Waals surface area contributed by atoms with Crippen molar-refractivity contribution >= 4 is 5.91 Å². The molecule has 5 heteroatoms. The van der Waals surface area contributed by atoms with Gasteiger partial charge in [0.15, 0.2) is 0 Å². The summed E-state index contributed by atoms with van der Waals surface area (Å²) < 4.78 is 7.08. The fraction of sp³-hybridized carbons (Fsp3) is 0.412. The summed E-state index contributed by atoms with van der Waals surface area (Å²) in [7, 11) is 0. The van der Waals surface area contributed by atoms with Gasteiger partial charge in [0.05, 0.1) is 30.8 Å². The van der Waals surface area contributed by atoms with Gasteiger partial charge < -0.3 is 9.32 Å². The molecule has 5 nitrogen and oxygen atoms in total. The van der Waals surface area contributed by atoms with Crippen molar-refractivity contribution < 1.29 is 9.21 Å². The van der Waals surface area contributed by atoms with Gasteiger partial charge in [-0.25, -0.2) is 0 Å². The number of hydrogen-bond donors (Lipinski definition) is 0. The van der Waals surface area contributed by atoms with Gasteiger partial charge in [0.25, 0.3) is 0 Å². The Bertz CT molecular complexity index is 614. The van der Waals surface area contributed by atoms with E-state index in [9.17, 15) is 4.79 Å². The quantitative estimate of drug-likeness (QED) is 0.736. The van der Waals surface area contributed by atoms with Crippen molar-refractivity contribution in [3.05, 3.63) is 54.8 Å². The highest BCUT2D eigenvalue weighted by atomic mass is 16.3. The maximum atomic E-state index is 12.3. The van der Waals surface area contributed by atoms with Crippen molar-refractivity contribution in [3.63, 3.8) is 0 Å². The third kappa shape index (κ3) is 3.67. The molecule has 2 aromatic rings. The number of hydrogen-bond acceptors (Lipinski definition) is 3. The molecule has 118 valence electrons. The van der Waals surface area contributed by atoms with E-state index in [-0.39, 0.29) is 11.9 Å². The minimum Gasteiger partial charge on any atom is -0.472 e. The van der Waals surface area contributed by atoms with Crippen LogP contribution in [0.5, 0.6) is 0 Å². The van der Waals surface area contributed by atoms with Gasteiger partial charge in [-0.05, 0) is 31.1 Å². The number of carbonyl (C=O) groups excluding carboxylic acids is 1. The topological polar surface area (TPSA) is 51.3 Å². The Morgan fingerprint density at radius 1 is 1.45 bits per heavy atom. The molecular weight excluding hydrogens is 278 g/mol. The first kappa shape index (κ1) is 16.1. The highest BCUT2D eigenvalue weighted by Crippen LogP contribution is 2.23. The summed E-state index contributed by atoms with van der Waals surface area (Å²) in [5.41, 5.74) is 1.98. The Morgan fingerprint density at radius 2 is 2.23 bits per heavy atom. The maximum Gasteiger partial charge on any atom is 0.246 e. The van der Waals surface area contributed by atoms with Crippen molar-refractivity contribution in [2.45, 2.75) is 39.9 Å². The van der Waals surface area contributed by atoms with Gasteiger partial charge in [0.1, 0.15) is 0 Å². The van der Waals surface area contributed by atoms with E-state index in [1.807, 2.05) is 23.7 Å². The van der Waals surface area contributed by atoms with Crippen LogP contribution >= 0.6 is 0 Å². The van der Waals surface area contributed by atoms with Crippen molar-refractivity contribution in [2.24, 2.45) is 5.92 Å². The zero-order valence-corrected chi connectivity index (χ0v) is 13.4. The van der Waals surface area contributed by atoms with Crippen LogP contribution in [0.3, 0.4) is 0 Å². The molecule has 0 fully saturated rings. The lowest BCUT2D eigenvalue weighted by Crippen LogP contribution is -2.32. The van der Waals surface area contributed by atoms with Crippen LogP contribution in [-0.4, -0.2) is 20.6 Å². The average molecular weight is 301 g/mol. The molecule has 0 aliphatic heterocycles. The SMILES string of the molecule is C=CC(=O)N(Cc1ccnn1CC(C)C)C(C)c1ccoc1. The Balaban J connectivity index is 2.22. The smallest absolute Gasteiger partial charge is 0.246 e. The number of amides is 1. The molecule has 0 radical (unpaired) electrons. The highest BCUT2D eigenvalue weighted by Gasteiger charge is 2.22. The van der Waals surface area contributed by atoms with Crippen molar-refractivity contribution in [1.82, 2.24) is 14.7 Å². The number of nitrogens with zero attached hydrogens (tertiary/aromatic N) is 3. The molecule has 1 unspecified atom stereocenters. The molecule has 0 saturated carbocycles. The number of furan rings is 1. The standard InChI is InChI=1S/C17H23N3O2/c1-5-17(21)19(14(4)15-7-9-22-12-15)11-16-6-8-18-20(16)10-13(2)3/h5-9,12-14H,1,10-11H2,2-4H3. The summed E-state index contributed by atoms with van der Waals surface area (Å²) in [4.78, 5) is 14.0. The first-order valence-corrected chi connectivity index (χ1v) is 7.48. The molecule has 0 N–H and O–H groups in total. The van der Waals surface area contributed by atoms with Gasteiger partial charge in [-0.3, -0.25) is 9.48 Å². The molecule has 0 spiro atoms. The minimum atomic E-state index is -0.106. The lowest BCUT2D eigenvalue weighted by atomic mass is 10.1. The molecule has 2 aromatic heterocycles. The van der Waals surface area contributed by atoms with Crippen molar-refractivity contribution in [3.8, 4) is 0 Å². The summed E-state index contributed by atoms with van der Waals surface area (Å²) in [6.45, 7) is 11.2. The summed E-state index contributed by atoms with van der Waals surface area (Å²) in [5, 5.41) is 4.35. The van der Waals surface area contributed by atoms with Gasteiger partial charge in [-0.1, -0.05) is 20.4 Å². The van der Waals surface area contributed by atoms with Crippen molar-refractivity contribution in [2.75, 3.05) is 0 Å². The molecule has 2 rings (SSSR count). The lowest BCUT2D eigenvalue weighted by Gasteiger charge is -2.28. The highest BCUT2D eigenvalue weighted by molar-refractivity contribution is 5.87. The normalized spacial score (nSPS) is 12.4. The van der Waals surface area contributed by atoms with E-state index in [2.05, 4.69) is 25.5 Å². The van der Waals surface area contributed by atoms with Crippen LogP contribution in [0.1, 0.15) is 38.1 Å². The van der Waals surface area contributed by atoms with Gasteiger partial charge in [-0.15, -0.1) is 0 Å². The maximum absolute atomic E-state index is 12.3. The minimum absolute atomic E-state index is 0.0911. The molecule has 1 amide bonds. The molecule has 0 aliphatic carbocycles. The van der Waals surface area contributed by atoms with E-state index in [0.29, 0.717) is 12.5 Å². The molecule has 0 aliphatic rings. The molecule has 1 atom stereocenters. The van der Waals surface area contributed by atoms with E-state index in [0.717, 1.165) is 17.8 Å². The molecule has 22 heavy (non-hydrogen) atoms. The van der Waals surface area contributed by atoms with E-state index < -0.39 is 0 Å². The first-order valence-electron chi connectivity index (χ1n) is 7.48. The van der Waals surface area contributed by atoms with Crippen LogP contribution in [0.2, 0.25) is 0 Å². The van der Waals surface area contributed by atoms with Gasteiger partial charge in [-0.2, -0.15) is 5.10 Å². The van der Waals surface area contributed by atoms with Gasteiger partial charge in [0, 0.05) is 18.3 Å². The van der Waals surface area contributed by atoms with Gasteiger partial charge in [0.2, 0.25) is 5.91 Å². The second kappa shape index (κ2) is 7.11. The lowest BCUT2D eigenvalue weighted by molar-refractivity contribution is -0.128. The third-order valence-corrected chi connectivity index (χ3v) is 3.63. The van der Waals surface area contributed by atoms with Crippen LogP contribution in [0.4, 0.5) is 0 Å². The van der Waals surface area contributed by atoms with Gasteiger partial charge >= 0.3 is 0 Å². The Hall–Kier alpha value is -2.30.